The van der Waals surface area contributed by atoms with E-state index in [4.69, 9.17) is 10.1 Å². The lowest BCUT2D eigenvalue weighted by atomic mass is 9.98. The predicted octanol–water partition coefficient (Wildman–Crippen LogP) is 3.88. The third-order valence-electron chi connectivity index (χ3n) is 3.98. The van der Waals surface area contributed by atoms with Gasteiger partial charge >= 0.3 is 0 Å². The van der Waals surface area contributed by atoms with Crippen molar-refractivity contribution in [3.63, 3.8) is 0 Å². The number of nitrogens with zero attached hydrogens (tertiary/aromatic N) is 1. The minimum Gasteiger partial charge on any atom is -0.492 e. The number of halogens is 1. The number of carbonyl (C=O) groups excluding carboxylic acids is 1. The van der Waals surface area contributed by atoms with Crippen LogP contribution >= 0.6 is 0 Å². The summed E-state index contributed by atoms with van der Waals surface area (Å²) in [4.78, 5) is 12.7. The molecular weight excluding hydrogens is 383 g/mol. The summed E-state index contributed by atoms with van der Waals surface area (Å²) in [6.45, 7) is 8.05. The van der Waals surface area contributed by atoms with Crippen molar-refractivity contribution < 1.29 is 19.2 Å². The fourth-order valence-corrected chi connectivity index (χ4v) is 2.44. The number of hydrogen-bond donors (Lipinski definition) is 3. The monoisotopic (exact) mass is 409 g/mol. The van der Waals surface area contributed by atoms with E-state index in [-0.39, 0.29) is 22.5 Å². The fourth-order valence-electron chi connectivity index (χ4n) is 2.44. The Hall–Kier alpha value is -3.50. The van der Waals surface area contributed by atoms with Crippen molar-refractivity contribution in [3.8, 4) is 11.8 Å². The van der Waals surface area contributed by atoms with E-state index in [1.54, 1.807) is 29.6 Å². The average molecular weight is 409 g/mol. The van der Waals surface area contributed by atoms with E-state index >= 15 is 0 Å². The van der Waals surface area contributed by atoms with Gasteiger partial charge in [0.05, 0.1) is 12.2 Å². The van der Waals surface area contributed by atoms with Gasteiger partial charge in [0.15, 0.2) is 0 Å². The average Bonchev–Trinajstić information content (AvgIpc) is 2.67. The quantitative estimate of drug-likeness (QED) is 0.367. The van der Waals surface area contributed by atoms with Crippen LogP contribution in [0.3, 0.4) is 0 Å². The number of nitriles is 1. The summed E-state index contributed by atoms with van der Waals surface area (Å²) in [5.74, 6) is -0.372. The summed E-state index contributed by atoms with van der Waals surface area (Å²) in [6.07, 6.45) is 1.51. The SMILES string of the molecule is CC(=N)/C(=C\[NH2+]c1ccc(F)cc1)C(=O)Nc1ccc(OCC(C)(C)C)c(C#N)c1. The van der Waals surface area contributed by atoms with E-state index in [0.717, 1.165) is 0 Å². The van der Waals surface area contributed by atoms with E-state index < -0.39 is 5.91 Å². The maximum Gasteiger partial charge on any atom is 0.262 e. The Morgan fingerprint density at radius 3 is 2.50 bits per heavy atom. The smallest absolute Gasteiger partial charge is 0.262 e. The molecule has 2 aromatic carbocycles. The number of hydrogen-bond acceptors (Lipinski definition) is 4. The minimum absolute atomic E-state index is 0.0538. The summed E-state index contributed by atoms with van der Waals surface area (Å²) in [7, 11) is 0. The Morgan fingerprint density at radius 1 is 1.27 bits per heavy atom. The highest BCUT2D eigenvalue weighted by Gasteiger charge is 2.17. The van der Waals surface area contributed by atoms with Crippen molar-refractivity contribution in [2.75, 3.05) is 11.9 Å². The summed E-state index contributed by atoms with van der Waals surface area (Å²) in [5, 5.41) is 21.6. The first kappa shape index (κ1) is 22.8. The van der Waals surface area contributed by atoms with Crippen LogP contribution in [0.15, 0.2) is 54.2 Å². The van der Waals surface area contributed by atoms with Gasteiger partial charge in [0.25, 0.3) is 5.91 Å². The Balaban J connectivity index is 2.15. The van der Waals surface area contributed by atoms with Gasteiger partial charge in [0.2, 0.25) is 0 Å². The van der Waals surface area contributed by atoms with Crippen molar-refractivity contribution in [2.24, 2.45) is 5.41 Å². The molecule has 0 aromatic heterocycles. The Labute approximate surface area is 175 Å². The summed E-state index contributed by atoms with van der Waals surface area (Å²) in [6, 6.07) is 12.7. The second-order valence-corrected chi connectivity index (χ2v) is 8.05. The van der Waals surface area contributed by atoms with Crippen LogP contribution < -0.4 is 15.4 Å². The second kappa shape index (κ2) is 9.81. The van der Waals surface area contributed by atoms with Gasteiger partial charge in [-0.1, -0.05) is 20.8 Å². The highest BCUT2D eigenvalue weighted by atomic mass is 19.1. The number of nitrogens with one attached hydrogen (secondary N) is 2. The summed E-state index contributed by atoms with van der Waals surface area (Å²) < 4.78 is 18.7. The number of nitrogens with two attached hydrogens (primary N) is 1. The number of benzene rings is 2. The zero-order chi connectivity index (χ0) is 22.3. The first-order chi connectivity index (χ1) is 14.1. The lowest BCUT2D eigenvalue weighted by Gasteiger charge is -2.19. The molecule has 0 aliphatic heterocycles. The van der Waals surface area contributed by atoms with Crippen molar-refractivity contribution in [1.29, 1.82) is 10.7 Å². The molecule has 0 bridgehead atoms. The summed E-state index contributed by atoms with van der Waals surface area (Å²) in [5.41, 5.74) is 1.63. The van der Waals surface area contributed by atoms with Crippen LogP contribution in [0.25, 0.3) is 0 Å². The highest BCUT2D eigenvalue weighted by Crippen LogP contribution is 2.25. The molecule has 0 atom stereocenters. The van der Waals surface area contributed by atoms with Gasteiger partial charge in [-0.2, -0.15) is 5.26 Å². The Bertz CT molecular complexity index is 999. The molecule has 2 rings (SSSR count). The molecule has 0 aliphatic rings. The molecule has 6 nitrogen and oxygen atoms in total. The minimum atomic E-state index is -0.479. The second-order valence-electron chi connectivity index (χ2n) is 8.05. The molecule has 2 aromatic rings. The molecule has 4 N–H and O–H groups in total. The molecule has 0 radical (unpaired) electrons. The van der Waals surface area contributed by atoms with Gasteiger partial charge in [0.1, 0.15) is 35.1 Å². The van der Waals surface area contributed by atoms with Crippen LogP contribution in [-0.4, -0.2) is 18.2 Å². The van der Waals surface area contributed by atoms with E-state index in [9.17, 15) is 14.4 Å². The normalized spacial score (nSPS) is 11.5. The number of quaternary nitrogens is 1. The molecule has 0 fully saturated rings. The van der Waals surface area contributed by atoms with Crippen LogP contribution in [0.2, 0.25) is 0 Å². The van der Waals surface area contributed by atoms with Crippen LogP contribution in [-0.2, 0) is 4.79 Å². The van der Waals surface area contributed by atoms with Gasteiger partial charge in [0, 0.05) is 23.5 Å². The molecule has 30 heavy (non-hydrogen) atoms. The molecule has 156 valence electrons. The zero-order valence-electron chi connectivity index (χ0n) is 17.5. The van der Waals surface area contributed by atoms with Crippen molar-refractivity contribution in [2.45, 2.75) is 27.7 Å². The van der Waals surface area contributed by atoms with Gasteiger partial charge in [-0.25, -0.2) is 4.39 Å². The van der Waals surface area contributed by atoms with Gasteiger partial charge < -0.3 is 15.5 Å². The Morgan fingerprint density at radius 2 is 1.93 bits per heavy atom. The third-order valence-corrected chi connectivity index (χ3v) is 3.98. The summed E-state index contributed by atoms with van der Waals surface area (Å²) >= 11 is 0. The largest absolute Gasteiger partial charge is 0.492 e. The number of amides is 1. The van der Waals surface area contributed by atoms with E-state index in [1.807, 2.05) is 20.8 Å². The number of rotatable bonds is 7. The van der Waals surface area contributed by atoms with E-state index in [0.29, 0.717) is 29.3 Å². The molecular formula is C23H26FN4O2+. The van der Waals surface area contributed by atoms with E-state index in [1.165, 1.54) is 31.3 Å². The predicted molar refractivity (Wildman–Crippen MR) is 114 cm³/mol. The van der Waals surface area contributed by atoms with Crippen LogP contribution in [0, 0.1) is 28.0 Å². The van der Waals surface area contributed by atoms with E-state index in [2.05, 4.69) is 11.4 Å². The maximum absolute atomic E-state index is 13.0. The lowest BCUT2D eigenvalue weighted by molar-refractivity contribution is -0.496. The fraction of sp³-hybridized carbons (Fsp3) is 0.261. The topological polar surface area (TPSA) is 103 Å². The number of ether oxygens (including phenoxy) is 1. The molecule has 0 heterocycles. The Kier molecular flexibility index (Phi) is 7.45. The standard InChI is InChI=1S/C23H25FN4O2/c1-15(26)20(13-27-18-7-5-17(24)6-8-18)22(29)28-19-9-10-21(16(11-19)12-25)30-14-23(2,3)4/h5-11,13,26-27H,14H2,1-4H3,(H,28,29)/p+1/b20-13+,26-15?. The molecule has 0 spiro atoms. The van der Waals surface area contributed by atoms with Crippen molar-refractivity contribution in [3.05, 3.63) is 65.6 Å². The molecule has 7 heteroatoms. The highest BCUT2D eigenvalue weighted by molar-refractivity contribution is 6.23. The molecule has 0 saturated carbocycles. The van der Waals surface area contributed by atoms with Crippen molar-refractivity contribution in [1.82, 2.24) is 0 Å². The van der Waals surface area contributed by atoms with Crippen molar-refractivity contribution >= 4 is 23.0 Å². The first-order valence-corrected chi connectivity index (χ1v) is 9.43. The van der Waals surface area contributed by atoms with Crippen LogP contribution in [0.4, 0.5) is 15.8 Å². The third kappa shape index (κ3) is 6.83. The zero-order valence-corrected chi connectivity index (χ0v) is 17.5. The maximum atomic E-state index is 13.0. The van der Waals surface area contributed by atoms with Gasteiger partial charge in [-0.3, -0.25) is 10.1 Å². The molecule has 0 aliphatic carbocycles. The van der Waals surface area contributed by atoms with Gasteiger partial charge in [-0.05, 0) is 42.7 Å². The van der Waals surface area contributed by atoms with Crippen LogP contribution in [0.5, 0.6) is 5.75 Å². The van der Waals surface area contributed by atoms with Crippen LogP contribution in [0.1, 0.15) is 33.3 Å². The lowest BCUT2D eigenvalue weighted by Crippen LogP contribution is -2.71. The first-order valence-electron chi connectivity index (χ1n) is 9.43. The molecule has 1 amide bonds. The molecule has 0 saturated heterocycles. The molecule has 0 unspecified atom stereocenters. The van der Waals surface area contributed by atoms with Gasteiger partial charge in [-0.15, -0.1) is 0 Å². The number of anilines is 1. The number of carbonyl (C=O) groups is 1.